The molecule has 0 aliphatic heterocycles. The molecule has 4 rings (SSSR count). The monoisotopic (exact) mass is 577 g/mol. The van der Waals surface area contributed by atoms with E-state index in [-0.39, 0.29) is 23.9 Å². The predicted octanol–water partition coefficient (Wildman–Crippen LogP) is 4.06. The predicted molar refractivity (Wildman–Crippen MR) is 159 cm³/mol. The fourth-order valence-corrected chi connectivity index (χ4v) is 5.48. The molecule has 0 fully saturated rings. The van der Waals surface area contributed by atoms with Crippen molar-refractivity contribution in [1.82, 2.24) is 18.8 Å². The molecule has 10 nitrogen and oxygen atoms in total. The van der Waals surface area contributed by atoms with Crippen LogP contribution in [0.1, 0.15) is 5.56 Å². The number of hydrogen-bond acceptors (Lipinski definition) is 7. The van der Waals surface area contributed by atoms with E-state index in [4.69, 9.17) is 14.5 Å². The Kier molecular flexibility index (Phi) is 9.43. The second-order valence-electron chi connectivity index (χ2n) is 9.75. The fourth-order valence-electron chi connectivity index (χ4n) is 4.09. The van der Waals surface area contributed by atoms with Gasteiger partial charge in [0.25, 0.3) is 0 Å². The smallest absolute Gasteiger partial charge is 0.243 e. The van der Waals surface area contributed by atoms with E-state index in [1.165, 1.54) is 23.5 Å². The number of nitrogens with zero attached hydrogens (tertiary/aromatic N) is 4. The van der Waals surface area contributed by atoms with E-state index in [0.29, 0.717) is 18.0 Å². The number of methoxy groups -OCH3 is 2. The molecule has 11 heteroatoms. The first-order valence-corrected chi connectivity index (χ1v) is 14.4. The van der Waals surface area contributed by atoms with Gasteiger partial charge < -0.3 is 14.4 Å². The molecule has 0 unspecified atom stereocenters. The van der Waals surface area contributed by atoms with Crippen molar-refractivity contribution >= 4 is 21.9 Å². The molecule has 1 aromatic heterocycles. The lowest BCUT2D eigenvalue weighted by molar-refractivity contribution is -0.116. The quantitative estimate of drug-likeness (QED) is 0.271. The van der Waals surface area contributed by atoms with Gasteiger partial charge in [-0.15, -0.1) is 0 Å². The SMILES string of the molecule is COc1ccc(-c2cn(-c3ccc(C)cc3)c(NC(=O)CN(CCN(C)C)S(=O)(=O)c3ccc(OC)cc3)n2)cc1. The molecule has 216 valence electrons. The third-order valence-corrected chi connectivity index (χ3v) is 8.33. The van der Waals surface area contributed by atoms with Crippen molar-refractivity contribution < 1.29 is 22.7 Å². The van der Waals surface area contributed by atoms with Crippen LogP contribution in [0.2, 0.25) is 0 Å². The highest BCUT2D eigenvalue weighted by Gasteiger charge is 2.27. The Morgan fingerprint density at radius 3 is 2.02 bits per heavy atom. The number of hydrogen-bond donors (Lipinski definition) is 1. The molecule has 0 aliphatic carbocycles. The van der Waals surface area contributed by atoms with Gasteiger partial charge in [0, 0.05) is 30.5 Å². The maximum atomic E-state index is 13.5. The number of amides is 1. The van der Waals surface area contributed by atoms with Crippen molar-refractivity contribution in [2.75, 3.05) is 53.3 Å². The number of sulfonamides is 1. The van der Waals surface area contributed by atoms with Gasteiger partial charge in [0.05, 0.1) is 31.4 Å². The minimum Gasteiger partial charge on any atom is -0.497 e. The standard InChI is InChI=1S/C30H35N5O5S/c1-22-6-10-24(11-7-22)35-20-28(23-8-12-25(39-4)13-9-23)31-30(35)32-29(36)21-34(19-18-33(2)3)41(37,38)27-16-14-26(40-5)15-17-27/h6-17,20H,18-19,21H2,1-5H3,(H,31,32,36). The van der Waals surface area contributed by atoms with Crippen LogP contribution in [0, 0.1) is 6.92 Å². The number of likely N-dealkylation sites (N-methyl/N-ethyl adjacent to an activating group) is 1. The first-order chi connectivity index (χ1) is 19.6. The molecule has 0 bridgehead atoms. The lowest BCUT2D eigenvalue weighted by Gasteiger charge is -2.23. The van der Waals surface area contributed by atoms with Gasteiger partial charge in [-0.2, -0.15) is 4.31 Å². The minimum absolute atomic E-state index is 0.0767. The average Bonchev–Trinajstić information content (AvgIpc) is 3.38. The molecule has 1 amide bonds. The normalized spacial score (nSPS) is 11.6. The van der Waals surface area contributed by atoms with Crippen molar-refractivity contribution in [3.63, 3.8) is 0 Å². The Balaban J connectivity index is 1.64. The van der Waals surface area contributed by atoms with Gasteiger partial charge >= 0.3 is 0 Å². The van der Waals surface area contributed by atoms with Gasteiger partial charge in [0.1, 0.15) is 11.5 Å². The first kappa shape index (κ1) is 29.8. The second-order valence-corrected chi connectivity index (χ2v) is 11.7. The topological polar surface area (TPSA) is 106 Å². The lowest BCUT2D eigenvalue weighted by Crippen LogP contribution is -2.41. The van der Waals surface area contributed by atoms with Crippen molar-refractivity contribution in [3.8, 4) is 28.4 Å². The number of imidazole rings is 1. The number of aromatic nitrogens is 2. The van der Waals surface area contributed by atoms with Crippen LogP contribution in [-0.4, -0.2) is 81.0 Å². The number of carbonyl (C=O) groups excluding carboxylic acids is 1. The highest BCUT2D eigenvalue weighted by atomic mass is 32.2. The zero-order chi connectivity index (χ0) is 29.6. The van der Waals surface area contributed by atoms with Gasteiger partial charge in [-0.25, -0.2) is 13.4 Å². The molecular formula is C30H35N5O5S. The maximum absolute atomic E-state index is 13.5. The third kappa shape index (κ3) is 7.31. The summed E-state index contributed by atoms with van der Waals surface area (Å²) < 4.78 is 40.5. The zero-order valence-corrected chi connectivity index (χ0v) is 24.7. The Hall–Kier alpha value is -4.19. The van der Waals surface area contributed by atoms with Crippen LogP contribution in [-0.2, 0) is 14.8 Å². The van der Waals surface area contributed by atoms with Gasteiger partial charge in [0.2, 0.25) is 21.9 Å². The molecule has 3 aromatic carbocycles. The van der Waals surface area contributed by atoms with Crippen molar-refractivity contribution in [2.45, 2.75) is 11.8 Å². The van der Waals surface area contributed by atoms with E-state index >= 15 is 0 Å². The van der Waals surface area contributed by atoms with Crippen LogP contribution in [0.3, 0.4) is 0 Å². The van der Waals surface area contributed by atoms with Crippen molar-refractivity contribution in [1.29, 1.82) is 0 Å². The van der Waals surface area contributed by atoms with Crippen LogP contribution in [0.25, 0.3) is 16.9 Å². The van der Waals surface area contributed by atoms with Crippen LogP contribution >= 0.6 is 0 Å². The van der Waals surface area contributed by atoms with Gasteiger partial charge in [0.15, 0.2) is 0 Å². The first-order valence-electron chi connectivity index (χ1n) is 13.0. The van der Waals surface area contributed by atoms with Crippen LogP contribution in [0.4, 0.5) is 5.95 Å². The number of ether oxygens (including phenoxy) is 2. The highest BCUT2D eigenvalue weighted by molar-refractivity contribution is 7.89. The summed E-state index contributed by atoms with van der Waals surface area (Å²) >= 11 is 0. The third-order valence-electron chi connectivity index (χ3n) is 6.47. The van der Waals surface area contributed by atoms with E-state index in [1.54, 1.807) is 23.8 Å². The Labute approximate surface area is 241 Å². The van der Waals surface area contributed by atoms with Crippen molar-refractivity contribution in [3.05, 3.63) is 84.6 Å². The molecule has 0 aliphatic rings. The van der Waals surface area contributed by atoms with E-state index in [2.05, 4.69) is 5.32 Å². The largest absolute Gasteiger partial charge is 0.497 e. The van der Waals surface area contributed by atoms with Gasteiger partial charge in [-0.3, -0.25) is 14.7 Å². The van der Waals surface area contributed by atoms with E-state index in [9.17, 15) is 13.2 Å². The van der Waals surface area contributed by atoms with Crippen LogP contribution < -0.4 is 14.8 Å². The van der Waals surface area contributed by atoms with Gasteiger partial charge in [-0.05, 0) is 81.7 Å². The Bertz CT molecular complexity index is 1570. The number of carbonyl (C=O) groups is 1. The fraction of sp³-hybridized carbons (Fsp3) is 0.267. The summed E-state index contributed by atoms with van der Waals surface area (Å²) in [5.41, 5.74) is 3.37. The van der Waals surface area contributed by atoms with Gasteiger partial charge in [-0.1, -0.05) is 17.7 Å². The molecule has 1 N–H and O–H groups in total. The molecular weight excluding hydrogens is 542 g/mol. The van der Waals surface area contributed by atoms with Crippen LogP contribution in [0.5, 0.6) is 11.5 Å². The van der Waals surface area contributed by atoms with Crippen LogP contribution in [0.15, 0.2) is 83.9 Å². The van der Waals surface area contributed by atoms with Crippen molar-refractivity contribution in [2.24, 2.45) is 0 Å². The minimum atomic E-state index is -3.97. The average molecular weight is 578 g/mol. The summed E-state index contributed by atoms with van der Waals surface area (Å²) in [6.07, 6.45) is 1.83. The second kappa shape index (κ2) is 13.0. The summed E-state index contributed by atoms with van der Waals surface area (Å²) in [4.78, 5) is 20.0. The molecule has 0 saturated heterocycles. The highest BCUT2D eigenvalue weighted by Crippen LogP contribution is 2.26. The molecule has 0 atom stereocenters. The van der Waals surface area contributed by atoms with E-state index in [1.807, 2.05) is 80.6 Å². The maximum Gasteiger partial charge on any atom is 0.243 e. The molecule has 41 heavy (non-hydrogen) atoms. The summed E-state index contributed by atoms with van der Waals surface area (Å²) in [6.45, 7) is 2.16. The number of nitrogens with one attached hydrogen (secondary N) is 1. The number of benzene rings is 3. The summed E-state index contributed by atoms with van der Waals surface area (Å²) in [6, 6.07) is 21.4. The Morgan fingerprint density at radius 2 is 1.46 bits per heavy atom. The molecule has 1 heterocycles. The van der Waals surface area contributed by atoms with E-state index < -0.39 is 15.9 Å². The zero-order valence-electron chi connectivity index (χ0n) is 23.9. The lowest BCUT2D eigenvalue weighted by atomic mass is 10.1. The van der Waals surface area contributed by atoms with E-state index in [0.717, 1.165) is 22.6 Å². The molecule has 4 aromatic rings. The number of aryl methyl sites for hydroxylation is 1. The molecule has 0 spiro atoms. The molecule has 0 saturated carbocycles. The summed E-state index contributed by atoms with van der Waals surface area (Å²) in [7, 11) is 2.83. The summed E-state index contributed by atoms with van der Waals surface area (Å²) in [5.74, 6) is 1.02. The summed E-state index contributed by atoms with van der Waals surface area (Å²) in [5, 5.41) is 2.84. The number of rotatable bonds is 12. The molecule has 0 radical (unpaired) electrons. The number of anilines is 1. The Morgan fingerprint density at radius 1 is 0.878 bits per heavy atom.